The van der Waals surface area contributed by atoms with E-state index in [-0.39, 0.29) is 5.91 Å². The average Bonchev–Trinajstić information content (AvgIpc) is 2.33. The molecule has 1 fully saturated rings. The highest BCUT2D eigenvalue weighted by Gasteiger charge is 2.25. The molecule has 2 atom stereocenters. The first-order valence-electron chi connectivity index (χ1n) is 6.31. The quantitative estimate of drug-likeness (QED) is 0.824. The van der Waals surface area contributed by atoms with Gasteiger partial charge in [0.05, 0.1) is 0 Å². The van der Waals surface area contributed by atoms with Crippen LogP contribution in [-0.2, 0) is 0 Å². The maximum Gasteiger partial charge on any atom is 0.251 e. The number of rotatable bonds is 2. The lowest BCUT2D eigenvalue weighted by molar-refractivity contribution is 0.0884. The molecule has 4 heteroatoms. The number of nitrogens with zero attached hydrogens (tertiary/aromatic N) is 1. The van der Waals surface area contributed by atoms with Crippen LogP contribution in [0.2, 0.25) is 0 Å². The van der Waals surface area contributed by atoms with Crippen molar-refractivity contribution in [3.63, 3.8) is 0 Å². The van der Waals surface area contributed by atoms with Gasteiger partial charge in [-0.25, -0.2) is 0 Å². The molecule has 0 radical (unpaired) electrons. The minimum Gasteiger partial charge on any atom is -0.349 e. The van der Waals surface area contributed by atoms with Gasteiger partial charge in [0.15, 0.2) is 0 Å². The molecule has 1 saturated heterocycles. The lowest BCUT2D eigenvalue weighted by atomic mass is 9.94. The molecule has 1 amide bonds. The Bertz CT molecular complexity index is 418. The van der Waals surface area contributed by atoms with Gasteiger partial charge >= 0.3 is 0 Å². The molecule has 2 rings (SSSR count). The van der Waals surface area contributed by atoms with Crippen LogP contribution in [0.3, 0.4) is 0 Å². The predicted molar refractivity (Wildman–Crippen MR) is 81.7 cm³/mol. The average molecular weight is 358 g/mol. The first-order valence-corrected chi connectivity index (χ1v) is 7.39. The van der Waals surface area contributed by atoms with E-state index in [1.54, 1.807) is 0 Å². The Balaban J connectivity index is 1.97. The van der Waals surface area contributed by atoms with E-state index in [0.29, 0.717) is 12.0 Å². The van der Waals surface area contributed by atoms with E-state index in [9.17, 15) is 4.79 Å². The van der Waals surface area contributed by atoms with Crippen LogP contribution in [0.25, 0.3) is 0 Å². The molecule has 1 aromatic rings. The third kappa shape index (κ3) is 3.45. The first kappa shape index (κ1) is 13.8. The molecule has 2 unspecified atom stereocenters. The minimum atomic E-state index is 0.0489. The summed E-state index contributed by atoms with van der Waals surface area (Å²) in [6, 6.07) is 8.00. The number of benzene rings is 1. The number of carbonyl (C=O) groups is 1. The summed E-state index contributed by atoms with van der Waals surface area (Å²) in [7, 11) is 2.13. The first-order chi connectivity index (χ1) is 8.56. The third-order valence-corrected chi connectivity index (χ3v) is 4.25. The molecule has 3 nitrogen and oxygen atoms in total. The molecule has 1 aliphatic rings. The fraction of sp³-hybridized carbons (Fsp3) is 0.500. The van der Waals surface area contributed by atoms with Crippen molar-refractivity contribution < 1.29 is 4.79 Å². The Labute approximate surface area is 122 Å². The largest absolute Gasteiger partial charge is 0.349 e. The molecular formula is C14H19IN2O. The van der Waals surface area contributed by atoms with Crippen molar-refractivity contribution in [3.8, 4) is 0 Å². The molecule has 0 bridgehead atoms. The van der Waals surface area contributed by atoms with Crippen molar-refractivity contribution in [3.05, 3.63) is 33.4 Å². The second-order valence-electron chi connectivity index (χ2n) is 5.12. The molecular weight excluding hydrogens is 339 g/mol. The Morgan fingerprint density at radius 1 is 1.39 bits per heavy atom. The zero-order chi connectivity index (χ0) is 13.1. The second-order valence-corrected chi connectivity index (χ2v) is 6.36. The van der Waals surface area contributed by atoms with Gasteiger partial charge in [0.25, 0.3) is 5.91 Å². The van der Waals surface area contributed by atoms with Crippen molar-refractivity contribution in [1.82, 2.24) is 10.2 Å². The highest BCUT2D eigenvalue weighted by atomic mass is 127. The highest BCUT2D eigenvalue weighted by Crippen LogP contribution is 2.16. The minimum absolute atomic E-state index is 0.0489. The topological polar surface area (TPSA) is 32.3 Å². The van der Waals surface area contributed by atoms with Crippen LogP contribution in [0.1, 0.15) is 23.7 Å². The van der Waals surface area contributed by atoms with E-state index in [1.165, 1.54) is 0 Å². The SMILES string of the molecule is CC1CN(C)CCC1NC(=O)c1ccc(I)cc1. The molecule has 0 saturated carbocycles. The zero-order valence-corrected chi connectivity index (χ0v) is 13.0. The molecule has 0 aliphatic carbocycles. The van der Waals surface area contributed by atoms with E-state index < -0.39 is 0 Å². The van der Waals surface area contributed by atoms with Gasteiger partial charge in [0, 0.05) is 21.7 Å². The summed E-state index contributed by atoms with van der Waals surface area (Å²) in [4.78, 5) is 14.4. The molecule has 18 heavy (non-hydrogen) atoms. The van der Waals surface area contributed by atoms with Crippen LogP contribution in [0.15, 0.2) is 24.3 Å². The summed E-state index contributed by atoms with van der Waals surface area (Å²) in [5.74, 6) is 0.560. The van der Waals surface area contributed by atoms with E-state index in [0.717, 1.165) is 28.6 Å². The number of hydrogen-bond donors (Lipinski definition) is 1. The second kappa shape index (κ2) is 6.02. The number of piperidine rings is 1. The normalized spacial score (nSPS) is 24.8. The molecule has 0 spiro atoms. The van der Waals surface area contributed by atoms with E-state index in [4.69, 9.17) is 0 Å². The van der Waals surface area contributed by atoms with Crippen molar-refractivity contribution in [2.45, 2.75) is 19.4 Å². The van der Waals surface area contributed by atoms with Crippen LogP contribution >= 0.6 is 22.6 Å². The fourth-order valence-electron chi connectivity index (χ4n) is 2.42. The van der Waals surface area contributed by atoms with Gasteiger partial charge < -0.3 is 10.2 Å². The van der Waals surface area contributed by atoms with Gasteiger partial charge in [0.1, 0.15) is 0 Å². The molecule has 1 aromatic carbocycles. The van der Waals surface area contributed by atoms with Gasteiger partial charge in [-0.05, 0) is 72.8 Å². The van der Waals surface area contributed by atoms with Gasteiger partial charge in [-0.15, -0.1) is 0 Å². The van der Waals surface area contributed by atoms with Crippen LogP contribution in [0.4, 0.5) is 0 Å². The van der Waals surface area contributed by atoms with E-state index in [1.807, 2.05) is 24.3 Å². The van der Waals surface area contributed by atoms with Crippen LogP contribution in [-0.4, -0.2) is 37.0 Å². The summed E-state index contributed by atoms with van der Waals surface area (Å²) >= 11 is 2.24. The van der Waals surface area contributed by atoms with E-state index in [2.05, 4.69) is 46.8 Å². The number of likely N-dealkylation sites (tertiary alicyclic amines) is 1. The monoisotopic (exact) mass is 358 g/mol. The smallest absolute Gasteiger partial charge is 0.251 e. The molecule has 1 heterocycles. The number of halogens is 1. The highest BCUT2D eigenvalue weighted by molar-refractivity contribution is 14.1. The zero-order valence-electron chi connectivity index (χ0n) is 10.8. The Kier molecular flexibility index (Phi) is 4.61. The maximum absolute atomic E-state index is 12.1. The fourth-order valence-corrected chi connectivity index (χ4v) is 2.78. The van der Waals surface area contributed by atoms with Crippen LogP contribution in [0, 0.1) is 9.49 Å². The number of nitrogens with one attached hydrogen (secondary N) is 1. The van der Waals surface area contributed by atoms with Crippen molar-refractivity contribution in [1.29, 1.82) is 0 Å². The lowest BCUT2D eigenvalue weighted by Crippen LogP contribution is -2.48. The Hall–Kier alpha value is -0.620. The number of carbonyl (C=O) groups excluding carboxylic acids is 1. The molecule has 1 N–H and O–H groups in total. The lowest BCUT2D eigenvalue weighted by Gasteiger charge is -2.35. The van der Waals surface area contributed by atoms with Gasteiger partial charge in [0.2, 0.25) is 0 Å². The van der Waals surface area contributed by atoms with Gasteiger partial charge in [-0.3, -0.25) is 4.79 Å². The summed E-state index contributed by atoms with van der Waals surface area (Å²) in [5, 5.41) is 3.16. The number of hydrogen-bond acceptors (Lipinski definition) is 2. The van der Waals surface area contributed by atoms with Crippen molar-refractivity contribution >= 4 is 28.5 Å². The van der Waals surface area contributed by atoms with E-state index >= 15 is 0 Å². The third-order valence-electron chi connectivity index (χ3n) is 3.53. The summed E-state index contributed by atoms with van der Waals surface area (Å²) in [6.45, 7) is 4.31. The summed E-state index contributed by atoms with van der Waals surface area (Å²) < 4.78 is 1.15. The van der Waals surface area contributed by atoms with Crippen molar-refractivity contribution in [2.24, 2.45) is 5.92 Å². The number of amides is 1. The predicted octanol–water partition coefficient (Wildman–Crippen LogP) is 2.36. The standard InChI is InChI=1S/C14H19IN2O/c1-10-9-17(2)8-7-13(10)16-14(18)11-3-5-12(15)6-4-11/h3-6,10,13H,7-9H2,1-2H3,(H,16,18). The molecule has 1 aliphatic heterocycles. The Morgan fingerprint density at radius 2 is 2.06 bits per heavy atom. The molecule has 98 valence electrons. The molecule has 0 aromatic heterocycles. The van der Waals surface area contributed by atoms with Crippen molar-refractivity contribution in [2.75, 3.05) is 20.1 Å². The van der Waals surface area contributed by atoms with Crippen LogP contribution < -0.4 is 5.32 Å². The van der Waals surface area contributed by atoms with Gasteiger partial charge in [-0.1, -0.05) is 6.92 Å². The summed E-state index contributed by atoms with van der Waals surface area (Å²) in [5.41, 5.74) is 0.751. The maximum atomic E-state index is 12.1. The van der Waals surface area contributed by atoms with Crippen LogP contribution in [0.5, 0.6) is 0 Å². The Morgan fingerprint density at radius 3 is 2.67 bits per heavy atom. The summed E-state index contributed by atoms with van der Waals surface area (Å²) in [6.07, 6.45) is 1.04. The van der Waals surface area contributed by atoms with Gasteiger partial charge in [-0.2, -0.15) is 0 Å².